The number of hydrogen-bond donors (Lipinski definition) is 0. The first-order chi connectivity index (χ1) is 11.2. The third-order valence-corrected chi connectivity index (χ3v) is 4.31. The normalized spacial score (nSPS) is 8.35. The van der Waals surface area contributed by atoms with Gasteiger partial charge < -0.3 is 0 Å². The Morgan fingerprint density at radius 2 is 1.61 bits per heavy atom. The van der Waals surface area contributed by atoms with E-state index in [4.69, 9.17) is 5.26 Å². The Balaban J connectivity index is 0.000000322. The van der Waals surface area contributed by atoms with Crippen LogP contribution in [0.1, 0.15) is 12.0 Å². The lowest BCUT2D eigenvalue weighted by Gasteiger charge is -2.06. The molecular weight excluding hydrogens is 392 g/mol. The fraction of sp³-hybridized carbons (Fsp3) is 0.0500. The van der Waals surface area contributed by atoms with Crippen LogP contribution in [0.2, 0.25) is 0 Å². The SMILES string of the molecule is C=CC#CCC=C.N#Cc1ccc(B(I)c2ccccc2)cc1. The number of rotatable bonds is 3. The van der Waals surface area contributed by atoms with Crippen LogP contribution in [0.5, 0.6) is 0 Å². The van der Waals surface area contributed by atoms with Crippen LogP contribution in [0, 0.1) is 23.2 Å². The molecule has 0 amide bonds. The molecule has 2 aromatic rings. The lowest BCUT2D eigenvalue weighted by atomic mass is 9.63. The number of nitrogens with zero attached hydrogens (tertiary/aromatic N) is 1. The van der Waals surface area contributed by atoms with Crippen molar-refractivity contribution in [2.75, 3.05) is 0 Å². The highest BCUT2D eigenvalue weighted by Gasteiger charge is 2.14. The molecular formula is C20H17BIN. The molecule has 0 saturated heterocycles. The molecule has 112 valence electrons. The number of hydrogen-bond acceptors (Lipinski definition) is 1. The average Bonchev–Trinajstić information content (AvgIpc) is 2.63. The van der Waals surface area contributed by atoms with E-state index < -0.39 is 0 Å². The minimum atomic E-state index is 0.339. The lowest BCUT2D eigenvalue weighted by molar-refractivity contribution is 1.49. The van der Waals surface area contributed by atoms with Crippen LogP contribution < -0.4 is 10.9 Å². The van der Waals surface area contributed by atoms with E-state index in [-0.39, 0.29) is 0 Å². The number of halogens is 1. The van der Waals surface area contributed by atoms with E-state index in [0.717, 1.165) is 6.42 Å². The maximum atomic E-state index is 8.73. The highest BCUT2D eigenvalue weighted by atomic mass is 127. The van der Waals surface area contributed by atoms with Crippen LogP contribution in [0.15, 0.2) is 79.9 Å². The molecule has 0 atom stereocenters. The maximum absolute atomic E-state index is 8.73. The molecule has 0 spiro atoms. The summed E-state index contributed by atoms with van der Waals surface area (Å²) in [6.45, 7) is 6.92. The van der Waals surface area contributed by atoms with Gasteiger partial charge in [0, 0.05) is 6.42 Å². The molecule has 1 nitrogen and oxygen atoms in total. The largest absolute Gasteiger partial charge is 0.282 e. The molecule has 2 rings (SSSR count). The molecule has 0 fully saturated rings. The van der Waals surface area contributed by atoms with Gasteiger partial charge in [0.05, 0.1) is 11.6 Å². The third-order valence-electron chi connectivity index (χ3n) is 2.88. The minimum absolute atomic E-state index is 0.339. The molecule has 0 bridgehead atoms. The summed E-state index contributed by atoms with van der Waals surface area (Å²) in [7, 11) is 0. The quantitative estimate of drug-likeness (QED) is 0.327. The van der Waals surface area contributed by atoms with Crippen molar-refractivity contribution in [1.29, 1.82) is 5.26 Å². The van der Waals surface area contributed by atoms with Crippen molar-refractivity contribution in [2.45, 2.75) is 6.42 Å². The van der Waals surface area contributed by atoms with Crippen LogP contribution in [-0.2, 0) is 0 Å². The van der Waals surface area contributed by atoms with E-state index in [0.29, 0.717) is 10.1 Å². The summed E-state index contributed by atoms with van der Waals surface area (Å²) >= 11 is 2.41. The van der Waals surface area contributed by atoms with Crippen molar-refractivity contribution in [1.82, 2.24) is 0 Å². The number of nitriles is 1. The summed E-state index contributed by atoms with van der Waals surface area (Å²) in [6, 6.07) is 20.2. The van der Waals surface area contributed by atoms with E-state index in [2.05, 4.69) is 65.6 Å². The standard InChI is InChI=1S/C13H9BIN.C7H8/c15-14(12-4-2-1-3-5-12)13-8-6-11(10-16)7-9-13;1-3-5-7-6-4-2/h1-9H;3-4H,1-2,5H2. The topological polar surface area (TPSA) is 23.8 Å². The van der Waals surface area contributed by atoms with Gasteiger partial charge in [-0.05, 0) is 18.2 Å². The maximum Gasteiger partial charge on any atom is 0.282 e. The van der Waals surface area contributed by atoms with Gasteiger partial charge in [-0.15, -0.1) is 29.0 Å². The second-order valence-corrected chi connectivity index (χ2v) is 5.77. The van der Waals surface area contributed by atoms with E-state index in [1.165, 1.54) is 10.9 Å². The Bertz CT molecular complexity index is 718. The van der Waals surface area contributed by atoms with Gasteiger partial charge in [-0.2, -0.15) is 5.26 Å². The van der Waals surface area contributed by atoms with E-state index in [1.807, 2.05) is 42.5 Å². The van der Waals surface area contributed by atoms with Crippen LogP contribution in [0.4, 0.5) is 0 Å². The van der Waals surface area contributed by atoms with E-state index in [1.54, 1.807) is 12.2 Å². The van der Waals surface area contributed by atoms with Crippen LogP contribution in [0.3, 0.4) is 0 Å². The van der Waals surface area contributed by atoms with Gasteiger partial charge in [0.1, 0.15) is 0 Å². The van der Waals surface area contributed by atoms with Crippen LogP contribution >= 0.6 is 22.4 Å². The lowest BCUT2D eigenvalue weighted by Crippen LogP contribution is -2.36. The van der Waals surface area contributed by atoms with Gasteiger partial charge >= 0.3 is 0 Å². The molecule has 0 heterocycles. The van der Waals surface area contributed by atoms with E-state index >= 15 is 0 Å². The Morgan fingerprint density at radius 1 is 1.00 bits per heavy atom. The molecule has 0 saturated carbocycles. The summed E-state index contributed by atoms with van der Waals surface area (Å²) in [6.07, 6.45) is 4.09. The van der Waals surface area contributed by atoms with Gasteiger partial charge in [-0.25, -0.2) is 0 Å². The fourth-order valence-electron chi connectivity index (χ4n) is 1.74. The molecule has 0 radical (unpaired) electrons. The Morgan fingerprint density at radius 3 is 2.13 bits per heavy atom. The molecule has 23 heavy (non-hydrogen) atoms. The summed E-state index contributed by atoms with van der Waals surface area (Å²) in [4.78, 5) is 0. The summed E-state index contributed by atoms with van der Waals surface area (Å²) in [5.41, 5.74) is 3.22. The molecule has 2 aromatic carbocycles. The Labute approximate surface area is 152 Å². The van der Waals surface area contributed by atoms with E-state index in [9.17, 15) is 0 Å². The summed E-state index contributed by atoms with van der Waals surface area (Å²) < 4.78 is 0.339. The third kappa shape index (κ3) is 7.04. The zero-order chi connectivity index (χ0) is 16.9. The van der Waals surface area contributed by atoms with Crippen LogP contribution in [-0.4, -0.2) is 4.57 Å². The Kier molecular flexibility index (Phi) is 9.28. The van der Waals surface area contributed by atoms with Crippen molar-refractivity contribution >= 4 is 37.9 Å². The highest BCUT2D eigenvalue weighted by molar-refractivity contribution is 14.1. The van der Waals surface area contributed by atoms with Crippen molar-refractivity contribution < 1.29 is 0 Å². The number of allylic oxidation sites excluding steroid dienone is 2. The Hall–Kier alpha value is -2.24. The van der Waals surface area contributed by atoms with Gasteiger partial charge in [0.2, 0.25) is 0 Å². The monoisotopic (exact) mass is 409 g/mol. The fourth-order valence-corrected chi connectivity index (χ4v) is 2.57. The van der Waals surface area contributed by atoms with Gasteiger partial charge in [-0.3, -0.25) is 0 Å². The van der Waals surface area contributed by atoms with Crippen molar-refractivity contribution in [3.8, 4) is 17.9 Å². The zero-order valence-electron chi connectivity index (χ0n) is 12.9. The van der Waals surface area contributed by atoms with Crippen LogP contribution in [0.25, 0.3) is 0 Å². The molecule has 0 aliphatic heterocycles. The van der Waals surface area contributed by atoms with Crippen molar-refractivity contribution in [3.63, 3.8) is 0 Å². The molecule has 0 aliphatic carbocycles. The second-order valence-electron chi connectivity index (χ2n) is 4.53. The summed E-state index contributed by atoms with van der Waals surface area (Å²) in [5, 5.41) is 8.73. The predicted molar refractivity (Wildman–Crippen MR) is 109 cm³/mol. The average molecular weight is 409 g/mol. The minimum Gasteiger partial charge on any atom is -0.192 e. The first kappa shape index (κ1) is 18.8. The van der Waals surface area contributed by atoms with Crippen molar-refractivity contribution in [3.05, 3.63) is 85.5 Å². The smallest absolute Gasteiger partial charge is 0.192 e. The van der Waals surface area contributed by atoms with Crippen molar-refractivity contribution in [2.24, 2.45) is 0 Å². The number of benzene rings is 2. The predicted octanol–water partition coefficient (Wildman–Crippen LogP) is 3.85. The molecule has 0 N–H and O–H groups in total. The van der Waals surface area contributed by atoms with Gasteiger partial charge in [-0.1, -0.05) is 77.9 Å². The zero-order valence-corrected chi connectivity index (χ0v) is 15.0. The highest BCUT2D eigenvalue weighted by Crippen LogP contribution is 2.01. The molecule has 0 aliphatic rings. The molecule has 3 heteroatoms. The first-order valence-corrected chi connectivity index (χ1v) is 8.36. The van der Waals surface area contributed by atoms with Gasteiger partial charge in [0.15, 0.2) is 0 Å². The van der Waals surface area contributed by atoms with Gasteiger partial charge in [0.25, 0.3) is 4.57 Å². The first-order valence-electron chi connectivity index (χ1n) is 7.12. The second kappa shape index (κ2) is 11.3. The summed E-state index contributed by atoms with van der Waals surface area (Å²) in [5.74, 6) is 5.49. The molecule has 0 unspecified atom stereocenters. The molecule has 0 aromatic heterocycles.